The normalized spacial score (nSPS) is 12.1. The number of aryl methyl sites for hydroxylation is 1. The number of hydrogen-bond acceptors (Lipinski definition) is 3. The van der Waals surface area contributed by atoms with Crippen molar-refractivity contribution < 1.29 is 4.79 Å². The molecule has 3 rings (SSSR count). The fourth-order valence-corrected chi connectivity index (χ4v) is 4.97. The van der Waals surface area contributed by atoms with Crippen LogP contribution in [0.2, 0.25) is 5.02 Å². The molecule has 0 saturated carbocycles. The van der Waals surface area contributed by atoms with Gasteiger partial charge in [0.05, 0.1) is 22.6 Å². The lowest BCUT2D eigenvalue weighted by molar-refractivity contribution is -0.133. The average Bonchev–Trinajstić information content (AvgIpc) is 2.88. The zero-order valence-electron chi connectivity index (χ0n) is 22.9. The van der Waals surface area contributed by atoms with Crippen LogP contribution in [0.15, 0.2) is 47.3 Å². The van der Waals surface area contributed by atoms with Gasteiger partial charge >= 0.3 is 0 Å². The van der Waals surface area contributed by atoms with Gasteiger partial charge in [0.2, 0.25) is 5.91 Å². The first-order chi connectivity index (χ1) is 17.9. The number of halogens is 1. The lowest BCUT2D eigenvalue weighted by Crippen LogP contribution is -2.38. The second-order valence-corrected chi connectivity index (χ2v) is 10.5. The predicted octanol–water partition coefficient (Wildman–Crippen LogP) is 8.18. The Bertz CT molecular complexity index is 1220. The maximum absolute atomic E-state index is 13.8. The van der Waals surface area contributed by atoms with Gasteiger partial charge in [-0.15, -0.1) is 0 Å². The van der Waals surface area contributed by atoms with Gasteiger partial charge < -0.3 is 4.90 Å². The van der Waals surface area contributed by atoms with Crippen molar-refractivity contribution in [3.63, 3.8) is 0 Å². The highest BCUT2D eigenvalue weighted by Crippen LogP contribution is 2.26. The maximum atomic E-state index is 13.8. The molecule has 1 atom stereocenters. The van der Waals surface area contributed by atoms with Crippen LogP contribution in [0, 0.1) is 6.92 Å². The Morgan fingerprint density at radius 1 is 0.946 bits per heavy atom. The molecule has 1 aromatic heterocycles. The SMILES string of the molecule is CCCCCCCCC(=O)N(CCCCC)C(C)c1nc2cc(Cl)ccc2c(=O)n1-c1ccc(C)cc1. The quantitative estimate of drug-likeness (QED) is 0.200. The number of hydrogen-bond donors (Lipinski definition) is 0. The molecule has 0 saturated heterocycles. The van der Waals surface area contributed by atoms with E-state index in [2.05, 4.69) is 13.8 Å². The number of amides is 1. The molecule has 5 nitrogen and oxygen atoms in total. The summed E-state index contributed by atoms with van der Waals surface area (Å²) in [5.41, 5.74) is 2.27. The van der Waals surface area contributed by atoms with Crippen molar-refractivity contribution in [3.8, 4) is 5.69 Å². The van der Waals surface area contributed by atoms with E-state index >= 15 is 0 Å². The molecule has 0 aliphatic heterocycles. The minimum atomic E-state index is -0.359. The minimum Gasteiger partial charge on any atom is -0.333 e. The molecule has 2 aromatic carbocycles. The molecule has 0 N–H and O–H groups in total. The van der Waals surface area contributed by atoms with Crippen molar-refractivity contribution in [2.75, 3.05) is 6.54 Å². The van der Waals surface area contributed by atoms with Crippen LogP contribution in [0.4, 0.5) is 0 Å². The summed E-state index contributed by atoms with van der Waals surface area (Å²) in [6.45, 7) is 9.04. The molecule has 1 heterocycles. The Kier molecular flexibility index (Phi) is 11.2. The second-order valence-electron chi connectivity index (χ2n) is 10.1. The summed E-state index contributed by atoms with van der Waals surface area (Å²) in [6, 6.07) is 12.7. The molecule has 0 radical (unpaired) electrons. The maximum Gasteiger partial charge on any atom is 0.266 e. The van der Waals surface area contributed by atoms with Gasteiger partial charge in [0.15, 0.2) is 0 Å². The zero-order valence-corrected chi connectivity index (χ0v) is 23.7. The summed E-state index contributed by atoms with van der Waals surface area (Å²) < 4.78 is 1.67. The van der Waals surface area contributed by atoms with Gasteiger partial charge in [0.1, 0.15) is 5.82 Å². The van der Waals surface area contributed by atoms with E-state index in [-0.39, 0.29) is 17.5 Å². The fraction of sp³-hybridized carbons (Fsp3) is 0.516. The van der Waals surface area contributed by atoms with Crippen LogP contribution in [-0.4, -0.2) is 26.9 Å². The molecule has 200 valence electrons. The third-order valence-electron chi connectivity index (χ3n) is 7.06. The number of aromatic nitrogens is 2. The Labute approximate surface area is 226 Å². The molecule has 0 fully saturated rings. The van der Waals surface area contributed by atoms with Crippen LogP contribution in [-0.2, 0) is 4.79 Å². The number of benzene rings is 2. The second kappa shape index (κ2) is 14.3. The smallest absolute Gasteiger partial charge is 0.266 e. The number of nitrogens with zero attached hydrogens (tertiary/aromatic N) is 3. The van der Waals surface area contributed by atoms with Gasteiger partial charge in [-0.05, 0) is 57.0 Å². The van der Waals surface area contributed by atoms with E-state index in [1.165, 1.54) is 25.7 Å². The number of carbonyl (C=O) groups is 1. The van der Waals surface area contributed by atoms with Gasteiger partial charge in [-0.3, -0.25) is 14.2 Å². The van der Waals surface area contributed by atoms with Crippen LogP contribution in [0.25, 0.3) is 16.6 Å². The van der Waals surface area contributed by atoms with Crippen molar-refractivity contribution in [1.29, 1.82) is 0 Å². The van der Waals surface area contributed by atoms with Gasteiger partial charge in [0, 0.05) is 18.0 Å². The van der Waals surface area contributed by atoms with Gasteiger partial charge in [-0.25, -0.2) is 4.98 Å². The first kappa shape index (κ1) is 28.9. The molecule has 37 heavy (non-hydrogen) atoms. The van der Waals surface area contributed by atoms with E-state index in [0.717, 1.165) is 43.4 Å². The topological polar surface area (TPSA) is 55.2 Å². The Balaban J connectivity index is 2.00. The van der Waals surface area contributed by atoms with E-state index in [9.17, 15) is 9.59 Å². The van der Waals surface area contributed by atoms with Gasteiger partial charge in [-0.2, -0.15) is 0 Å². The summed E-state index contributed by atoms with van der Waals surface area (Å²) >= 11 is 6.26. The molecule has 1 amide bonds. The summed E-state index contributed by atoms with van der Waals surface area (Å²) in [5.74, 6) is 0.700. The number of carbonyl (C=O) groups excluding carboxylic acids is 1. The lowest BCUT2D eigenvalue weighted by Gasteiger charge is -2.31. The number of rotatable bonds is 14. The molecule has 0 aliphatic rings. The van der Waals surface area contributed by atoms with E-state index < -0.39 is 0 Å². The zero-order chi connectivity index (χ0) is 26.8. The Morgan fingerprint density at radius 2 is 1.59 bits per heavy atom. The molecule has 0 bridgehead atoms. The van der Waals surface area contributed by atoms with E-state index in [1.807, 2.05) is 43.0 Å². The molecule has 0 aliphatic carbocycles. The highest BCUT2D eigenvalue weighted by molar-refractivity contribution is 6.31. The molecule has 6 heteroatoms. The standard InChI is InChI=1S/C31H42ClN3O2/c1-5-7-9-10-11-12-14-29(36)34(21-13-8-6-2)24(4)30-33-28-22-25(32)17-20-27(28)31(37)35(30)26-18-15-23(3)16-19-26/h15-20,22,24H,5-14,21H2,1-4H3. The van der Waals surface area contributed by atoms with E-state index in [1.54, 1.807) is 22.8 Å². The predicted molar refractivity (Wildman–Crippen MR) is 155 cm³/mol. The van der Waals surface area contributed by atoms with E-state index in [4.69, 9.17) is 16.6 Å². The third-order valence-corrected chi connectivity index (χ3v) is 7.29. The Hall–Kier alpha value is -2.66. The number of fused-ring (bicyclic) bond motifs is 1. The van der Waals surface area contributed by atoms with Gasteiger partial charge in [0.25, 0.3) is 5.56 Å². The van der Waals surface area contributed by atoms with Crippen molar-refractivity contribution in [2.45, 2.75) is 97.9 Å². The summed E-state index contributed by atoms with van der Waals surface area (Å²) in [4.78, 5) is 34.2. The van der Waals surface area contributed by atoms with Crippen molar-refractivity contribution >= 4 is 28.4 Å². The highest BCUT2D eigenvalue weighted by atomic mass is 35.5. The van der Waals surface area contributed by atoms with Crippen LogP contribution in [0.5, 0.6) is 0 Å². The van der Waals surface area contributed by atoms with Crippen molar-refractivity contribution in [1.82, 2.24) is 14.5 Å². The van der Waals surface area contributed by atoms with Crippen molar-refractivity contribution in [2.24, 2.45) is 0 Å². The van der Waals surface area contributed by atoms with Crippen LogP contribution in [0.3, 0.4) is 0 Å². The summed E-state index contributed by atoms with van der Waals surface area (Å²) in [7, 11) is 0. The molecule has 1 unspecified atom stereocenters. The highest BCUT2D eigenvalue weighted by Gasteiger charge is 2.26. The van der Waals surface area contributed by atoms with Crippen molar-refractivity contribution in [3.05, 3.63) is 69.2 Å². The lowest BCUT2D eigenvalue weighted by atomic mass is 10.1. The van der Waals surface area contributed by atoms with Crippen LogP contribution in [0.1, 0.15) is 102 Å². The first-order valence-electron chi connectivity index (χ1n) is 14.0. The van der Waals surface area contributed by atoms with Crippen LogP contribution >= 0.6 is 11.6 Å². The summed E-state index contributed by atoms with van der Waals surface area (Å²) in [6.07, 6.45) is 10.4. The Morgan fingerprint density at radius 3 is 2.30 bits per heavy atom. The van der Waals surface area contributed by atoms with Gasteiger partial charge in [-0.1, -0.05) is 88.1 Å². The largest absolute Gasteiger partial charge is 0.333 e. The minimum absolute atomic E-state index is 0.134. The molecule has 0 spiro atoms. The average molecular weight is 524 g/mol. The number of unbranched alkanes of at least 4 members (excludes halogenated alkanes) is 7. The first-order valence-corrected chi connectivity index (χ1v) is 14.3. The summed E-state index contributed by atoms with van der Waals surface area (Å²) in [5, 5.41) is 1.04. The van der Waals surface area contributed by atoms with E-state index in [0.29, 0.717) is 34.7 Å². The molecule has 3 aromatic rings. The molecular weight excluding hydrogens is 482 g/mol. The monoisotopic (exact) mass is 523 g/mol. The van der Waals surface area contributed by atoms with Crippen LogP contribution < -0.4 is 5.56 Å². The fourth-order valence-electron chi connectivity index (χ4n) is 4.81. The molecular formula is C31H42ClN3O2. The third kappa shape index (κ3) is 7.67.